The van der Waals surface area contributed by atoms with E-state index in [1.54, 1.807) is 15.5 Å². The van der Waals surface area contributed by atoms with Crippen molar-refractivity contribution in [1.82, 2.24) is 25.0 Å². The lowest BCUT2D eigenvalue weighted by Gasteiger charge is -2.26. The summed E-state index contributed by atoms with van der Waals surface area (Å²) >= 11 is 1.35. The Labute approximate surface area is 162 Å². The van der Waals surface area contributed by atoms with Crippen LogP contribution in [0.4, 0.5) is 0 Å². The molecule has 1 aliphatic rings. The number of carbonyl (C=O) groups is 2. The largest absolute Gasteiger partial charge is 0.378 e. The molecule has 1 N–H and O–H groups in total. The Morgan fingerprint density at radius 2 is 2.04 bits per heavy atom. The second-order valence-corrected chi connectivity index (χ2v) is 7.23. The van der Waals surface area contributed by atoms with Crippen LogP contribution in [0.1, 0.15) is 21.7 Å². The Kier molecular flexibility index (Phi) is 6.46. The Morgan fingerprint density at radius 1 is 1.26 bits per heavy atom. The molecular formula is C18H23N5O3S. The third kappa shape index (κ3) is 5.08. The maximum atomic E-state index is 12.2. The fraction of sp³-hybridized carbons (Fsp3) is 0.444. The number of amides is 2. The Balaban J connectivity index is 1.52. The van der Waals surface area contributed by atoms with E-state index < -0.39 is 0 Å². The molecule has 1 fully saturated rings. The maximum absolute atomic E-state index is 12.2. The van der Waals surface area contributed by atoms with Crippen LogP contribution in [0.2, 0.25) is 0 Å². The van der Waals surface area contributed by atoms with E-state index in [0.29, 0.717) is 48.6 Å². The van der Waals surface area contributed by atoms with Gasteiger partial charge in [-0.25, -0.2) is 0 Å². The molecule has 8 nitrogen and oxygen atoms in total. The Hall–Kier alpha value is -2.39. The van der Waals surface area contributed by atoms with Crippen molar-refractivity contribution in [2.24, 2.45) is 7.05 Å². The van der Waals surface area contributed by atoms with Gasteiger partial charge in [-0.05, 0) is 19.1 Å². The number of aryl methyl sites for hydroxylation is 1. The number of benzene rings is 1. The second-order valence-electron chi connectivity index (χ2n) is 6.29. The number of hydrogen-bond acceptors (Lipinski definition) is 6. The van der Waals surface area contributed by atoms with E-state index in [4.69, 9.17) is 4.74 Å². The van der Waals surface area contributed by atoms with Crippen LogP contribution in [0, 0.1) is 6.92 Å². The first-order valence-corrected chi connectivity index (χ1v) is 9.74. The van der Waals surface area contributed by atoms with Crippen LogP contribution in [0.5, 0.6) is 0 Å². The molecule has 0 aliphatic carbocycles. The quantitative estimate of drug-likeness (QED) is 0.742. The van der Waals surface area contributed by atoms with Crippen molar-refractivity contribution in [3.8, 4) is 0 Å². The van der Waals surface area contributed by atoms with Crippen molar-refractivity contribution in [3.63, 3.8) is 0 Å². The molecule has 1 aromatic carbocycles. The monoisotopic (exact) mass is 389 g/mol. The number of rotatable bonds is 6. The number of nitrogens with one attached hydrogen (secondary N) is 1. The van der Waals surface area contributed by atoms with Gasteiger partial charge in [0.25, 0.3) is 5.91 Å². The van der Waals surface area contributed by atoms with Gasteiger partial charge in [-0.2, -0.15) is 0 Å². The van der Waals surface area contributed by atoms with Gasteiger partial charge in [-0.1, -0.05) is 29.5 Å². The summed E-state index contributed by atoms with van der Waals surface area (Å²) in [6.07, 6.45) is 0. The zero-order valence-electron chi connectivity index (χ0n) is 15.5. The number of morpholine rings is 1. The van der Waals surface area contributed by atoms with Crippen molar-refractivity contribution in [2.75, 3.05) is 32.1 Å². The summed E-state index contributed by atoms with van der Waals surface area (Å²) in [5, 5.41) is 11.8. The summed E-state index contributed by atoms with van der Waals surface area (Å²) in [6.45, 7) is 4.66. The molecule has 0 unspecified atom stereocenters. The van der Waals surface area contributed by atoms with Crippen LogP contribution < -0.4 is 5.32 Å². The molecule has 0 saturated carbocycles. The van der Waals surface area contributed by atoms with Gasteiger partial charge < -0.3 is 19.5 Å². The molecule has 2 aromatic rings. The van der Waals surface area contributed by atoms with Gasteiger partial charge in [-0.15, -0.1) is 10.2 Å². The highest BCUT2D eigenvalue weighted by atomic mass is 32.2. The third-order valence-corrected chi connectivity index (χ3v) is 5.31. The van der Waals surface area contributed by atoms with Crippen molar-refractivity contribution < 1.29 is 14.3 Å². The summed E-state index contributed by atoms with van der Waals surface area (Å²) in [4.78, 5) is 26.3. The van der Waals surface area contributed by atoms with Gasteiger partial charge in [0.15, 0.2) is 11.0 Å². The van der Waals surface area contributed by atoms with Crippen molar-refractivity contribution in [3.05, 3.63) is 41.2 Å². The molecule has 1 saturated heterocycles. The van der Waals surface area contributed by atoms with Gasteiger partial charge in [-0.3, -0.25) is 9.59 Å². The predicted octanol–water partition coefficient (Wildman–Crippen LogP) is 1.00. The fourth-order valence-corrected chi connectivity index (χ4v) is 3.54. The lowest BCUT2D eigenvalue weighted by molar-refractivity contribution is -0.132. The van der Waals surface area contributed by atoms with Crippen molar-refractivity contribution >= 4 is 23.6 Å². The minimum Gasteiger partial charge on any atom is -0.378 e. The number of carbonyl (C=O) groups excluding carboxylic acids is 2. The number of nitrogens with zero attached hydrogens (tertiary/aromatic N) is 4. The molecular weight excluding hydrogens is 366 g/mol. The van der Waals surface area contributed by atoms with Crippen LogP contribution >= 0.6 is 11.8 Å². The van der Waals surface area contributed by atoms with Crippen LogP contribution in [0.25, 0.3) is 0 Å². The second kappa shape index (κ2) is 9.01. The molecule has 0 radical (unpaired) electrons. The molecule has 3 rings (SSSR count). The zero-order valence-corrected chi connectivity index (χ0v) is 16.3. The Morgan fingerprint density at radius 3 is 2.78 bits per heavy atom. The smallest absolute Gasteiger partial charge is 0.251 e. The van der Waals surface area contributed by atoms with Crippen LogP contribution in [0.15, 0.2) is 29.4 Å². The fourth-order valence-electron chi connectivity index (χ4n) is 2.70. The molecule has 2 heterocycles. The summed E-state index contributed by atoms with van der Waals surface area (Å²) in [7, 11) is 1.83. The van der Waals surface area contributed by atoms with Gasteiger partial charge in [0.1, 0.15) is 0 Å². The third-order valence-electron chi connectivity index (χ3n) is 4.30. The van der Waals surface area contributed by atoms with Gasteiger partial charge in [0.05, 0.1) is 25.5 Å². The molecule has 27 heavy (non-hydrogen) atoms. The number of hydrogen-bond donors (Lipinski definition) is 1. The van der Waals surface area contributed by atoms with E-state index in [-0.39, 0.29) is 18.4 Å². The Bertz CT molecular complexity index is 817. The molecule has 2 amide bonds. The molecule has 0 spiro atoms. The summed E-state index contributed by atoms with van der Waals surface area (Å²) in [5.41, 5.74) is 1.65. The lowest BCUT2D eigenvalue weighted by Crippen LogP contribution is -2.41. The lowest BCUT2D eigenvalue weighted by atomic mass is 10.1. The summed E-state index contributed by atoms with van der Waals surface area (Å²) < 4.78 is 7.06. The van der Waals surface area contributed by atoms with E-state index in [1.165, 1.54) is 11.8 Å². The first-order valence-electron chi connectivity index (χ1n) is 8.76. The van der Waals surface area contributed by atoms with Gasteiger partial charge in [0.2, 0.25) is 5.91 Å². The highest BCUT2D eigenvalue weighted by Gasteiger charge is 2.18. The average molecular weight is 389 g/mol. The van der Waals surface area contributed by atoms with Crippen LogP contribution in [0.3, 0.4) is 0 Å². The molecule has 0 bridgehead atoms. The first kappa shape index (κ1) is 19.4. The number of aromatic nitrogens is 3. The SMILES string of the molecule is Cc1cccc(C(=O)NCc2nnc(SCC(=O)N3CCOCC3)n2C)c1. The standard InChI is InChI=1S/C18H23N5O3S/c1-13-4-3-5-14(10-13)17(25)19-11-15-20-21-18(22(15)2)27-12-16(24)23-6-8-26-9-7-23/h3-5,10H,6-9,11-12H2,1-2H3,(H,19,25). The minimum absolute atomic E-state index is 0.0700. The molecule has 144 valence electrons. The average Bonchev–Trinajstić information content (AvgIpc) is 3.04. The highest BCUT2D eigenvalue weighted by Crippen LogP contribution is 2.16. The van der Waals surface area contributed by atoms with E-state index in [0.717, 1.165) is 5.56 Å². The minimum atomic E-state index is -0.154. The van der Waals surface area contributed by atoms with Crippen molar-refractivity contribution in [2.45, 2.75) is 18.6 Å². The molecule has 1 aromatic heterocycles. The van der Waals surface area contributed by atoms with E-state index in [2.05, 4.69) is 15.5 Å². The summed E-state index contributed by atoms with van der Waals surface area (Å²) in [5.74, 6) is 0.859. The normalized spacial score (nSPS) is 14.2. The summed E-state index contributed by atoms with van der Waals surface area (Å²) in [6, 6.07) is 7.41. The van der Waals surface area contributed by atoms with Gasteiger partial charge >= 0.3 is 0 Å². The van der Waals surface area contributed by atoms with Crippen LogP contribution in [-0.4, -0.2) is 63.5 Å². The number of thioether (sulfide) groups is 1. The molecule has 1 aliphatic heterocycles. The van der Waals surface area contributed by atoms with Crippen LogP contribution in [-0.2, 0) is 23.1 Å². The first-order chi connectivity index (χ1) is 13.0. The molecule has 9 heteroatoms. The van der Waals surface area contributed by atoms with E-state index in [1.807, 2.05) is 32.2 Å². The topological polar surface area (TPSA) is 89.3 Å². The van der Waals surface area contributed by atoms with Gasteiger partial charge in [0, 0.05) is 25.7 Å². The van der Waals surface area contributed by atoms with E-state index >= 15 is 0 Å². The zero-order chi connectivity index (χ0) is 19.2. The predicted molar refractivity (Wildman–Crippen MR) is 101 cm³/mol. The maximum Gasteiger partial charge on any atom is 0.251 e. The highest BCUT2D eigenvalue weighted by molar-refractivity contribution is 7.99. The van der Waals surface area contributed by atoms with E-state index in [9.17, 15) is 9.59 Å². The van der Waals surface area contributed by atoms with Crippen molar-refractivity contribution in [1.29, 1.82) is 0 Å². The molecule has 0 atom stereocenters. The number of ether oxygens (including phenoxy) is 1.